The number of rotatable bonds is 6. The van der Waals surface area contributed by atoms with Crippen LogP contribution in [-0.4, -0.2) is 29.0 Å². The van der Waals surface area contributed by atoms with Gasteiger partial charge in [0.05, 0.1) is 6.54 Å². The van der Waals surface area contributed by atoms with E-state index in [1.807, 2.05) is 37.3 Å². The van der Waals surface area contributed by atoms with E-state index in [0.717, 1.165) is 30.2 Å². The van der Waals surface area contributed by atoms with Crippen LogP contribution in [0.4, 0.5) is 5.82 Å². The van der Waals surface area contributed by atoms with Gasteiger partial charge in [0.1, 0.15) is 11.6 Å². The van der Waals surface area contributed by atoms with Gasteiger partial charge in [-0.15, -0.1) is 0 Å². The third-order valence-electron chi connectivity index (χ3n) is 4.54. The van der Waals surface area contributed by atoms with Crippen LogP contribution in [0.3, 0.4) is 0 Å². The summed E-state index contributed by atoms with van der Waals surface area (Å²) >= 11 is 5.97. The maximum Gasteiger partial charge on any atom is 0.220 e. The molecule has 3 rings (SSSR count). The standard InChI is InChI=1S/C20H25ClN4O/c1-15-12-19(25-10-3-2-4-11-25)24-18(23-15)14-22-20(26)9-8-16-6-5-7-17(21)13-16/h5-7,12-13H,2-4,8-11,14H2,1H3,(H,22,26). The first-order valence-electron chi connectivity index (χ1n) is 9.21. The maximum absolute atomic E-state index is 12.1. The van der Waals surface area contributed by atoms with Gasteiger partial charge in [0.15, 0.2) is 0 Å². The number of anilines is 1. The molecule has 1 amide bonds. The molecule has 0 atom stereocenters. The number of carbonyl (C=O) groups excluding carboxylic acids is 1. The van der Waals surface area contributed by atoms with Crippen LogP contribution in [0.2, 0.25) is 5.02 Å². The van der Waals surface area contributed by atoms with Gasteiger partial charge in [0, 0.05) is 36.3 Å². The van der Waals surface area contributed by atoms with Crippen molar-refractivity contribution >= 4 is 23.3 Å². The van der Waals surface area contributed by atoms with Crippen molar-refractivity contribution in [3.8, 4) is 0 Å². The second-order valence-corrected chi connectivity index (χ2v) is 7.17. The van der Waals surface area contributed by atoms with Crippen molar-refractivity contribution in [1.82, 2.24) is 15.3 Å². The summed E-state index contributed by atoms with van der Waals surface area (Å²) < 4.78 is 0. The van der Waals surface area contributed by atoms with Crippen molar-refractivity contribution in [2.24, 2.45) is 0 Å². The molecule has 2 heterocycles. The predicted octanol–water partition coefficient (Wildman–Crippen LogP) is 3.68. The zero-order chi connectivity index (χ0) is 18.4. The fourth-order valence-electron chi connectivity index (χ4n) is 3.19. The smallest absolute Gasteiger partial charge is 0.220 e. The van der Waals surface area contributed by atoms with Gasteiger partial charge >= 0.3 is 0 Å². The van der Waals surface area contributed by atoms with Gasteiger partial charge in [0.2, 0.25) is 5.91 Å². The summed E-state index contributed by atoms with van der Waals surface area (Å²) in [6, 6.07) is 9.63. The van der Waals surface area contributed by atoms with Crippen LogP contribution < -0.4 is 10.2 Å². The Labute approximate surface area is 159 Å². The van der Waals surface area contributed by atoms with E-state index in [1.54, 1.807) is 0 Å². The largest absolute Gasteiger partial charge is 0.357 e. The molecule has 138 valence electrons. The number of nitrogens with one attached hydrogen (secondary N) is 1. The highest BCUT2D eigenvalue weighted by atomic mass is 35.5. The molecule has 5 nitrogen and oxygen atoms in total. The highest BCUT2D eigenvalue weighted by molar-refractivity contribution is 6.30. The molecule has 1 N–H and O–H groups in total. The Kier molecular flexibility index (Phi) is 6.45. The molecular weight excluding hydrogens is 348 g/mol. The number of halogens is 1. The normalized spacial score (nSPS) is 14.3. The number of piperidine rings is 1. The highest BCUT2D eigenvalue weighted by Crippen LogP contribution is 2.18. The molecule has 1 aromatic heterocycles. The van der Waals surface area contributed by atoms with Gasteiger partial charge in [0.25, 0.3) is 0 Å². The number of amides is 1. The van der Waals surface area contributed by atoms with E-state index in [2.05, 4.69) is 20.2 Å². The Balaban J connectivity index is 1.53. The average Bonchev–Trinajstić information content (AvgIpc) is 2.65. The third-order valence-corrected chi connectivity index (χ3v) is 4.78. The predicted molar refractivity (Wildman–Crippen MR) is 104 cm³/mol. The molecule has 0 unspecified atom stereocenters. The molecule has 1 aromatic carbocycles. The minimum absolute atomic E-state index is 0.00500. The van der Waals surface area contributed by atoms with Crippen molar-refractivity contribution in [2.75, 3.05) is 18.0 Å². The van der Waals surface area contributed by atoms with Gasteiger partial charge < -0.3 is 10.2 Å². The van der Waals surface area contributed by atoms with Gasteiger partial charge in [-0.2, -0.15) is 0 Å². The molecular formula is C20H25ClN4O. The Bertz CT molecular complexity index is 759. The molecule has 1 saturated heterocycles. The van der Waals surface area contributed by atoms with Crippen molar-refractivity contribution in [2.45, 2.75) is 45.6 Å². The van der Waals surface area contributed by atoms with Gasteiger partial charge in [-0.05, 0) is 50.3 Å². The van der Waals surface area contributed by atoms with Crippen LogP contribution in [-0.2, 0) is 17.8 Å². The van der Waals surface area contributed by atoms with Gasteiger partial charge in [-0.1, -0.05) is 23.7 Å². The number of carbonyl (C=O) groups is 1. The molecule has 1 aliphatic rings. The van der Waals surface area contributed by atoms with Crippen LogP contribution in [0.1, 0.15) is 42.8 Å². The minimum Gasteiger partial charge on any atom is -0.357 e. The van der Waals surface area contributed by atoms with Crippen molar-refractivity contribution in [1.29, 1.82) is 0 Å². The molecule has 26 heavy (non-hydrogen) atoms. The van der Waals surface area contributed by atoms with E-state index >= 15 is 0 Å². The quantitative estimate of drug-likeness (QED) is 0.840. The SMILES string of the molecule is Cc1cc(N2CCCCC2)nc(CNC(=O)CCc2cccc(Cl)c2)n1. The van der Waals surface area contributed by atoms with Crippen LogP contribution in [0.15, 0.2) is 30.3 Å². The zero-order valence-corrected chi connectivity index (χ0v) is 15.9. The molecule has 0 bridgehead atoms. The van der Waals surface area contributed by atoms with Crippen LogP contribution >= 0.6 is 11.6 Å². The minimum atomic E-state index is -0.00500. The lowest BCUT2D eigenvalue weighted by Crippen LogP contribution is -2.31. The summed E-state index contributed by atoms with van der Waals surface area (Å²) in [6.45, 7) is 4.42. The molecule has 0 radical (unpaired) electrons. The molecule has 0 spiro atoms. The highest BCUT2D eigenvalue weighted by Gasteiger charge is 2.14. The first kappa shape index (κ1) is 18.6. The number of aryl methyl sites for hydroxylation is 2. The summed E-state index contributed by atoms with van der Waals surface area (Å²) in [5.74, 6) is 1.64. The Morgan fingerprint density at radius 3 is 2.77 bits per heavy atom. The molecule has 0 aliphatic carbocycles. The fraction of sp³-hybridized carbons (Fsp3) is 0.450. The summed E-state index contributed by atoms with van der Waals surface area (Å²) in [4.78, 5) is 23.5. The van der Waals surface area contributed by atoms with E-state index in [9.17, 15) is 4.79 Å². The third kappa shape index (κ3) is 5.43. The van der Waals surface area contributed by atoms with Gasteiger partial charge in [-0.25, -0.2) is 9.97 Å². The number of hydrogen-bond donors (Lipinski definition) is 1. The number of aromatic nitrogens is 2. The van der Waals surface area contributed by atoms with Gasteiger partial charge in [-0.3, -0.25) is 4.79 Å². The lowest BCUT2D eigenvalue weighted by Gasteiger charge is -2.28. The molecule has 1 fully saturated rings. The van der Waals surface area contributed by atoms with E-state index in [0.29, 0.717) is 30.2 Å². The molecule has 6 heteroatoms. The number of nitrogens with zero attached hydrogens (tertiary/aromatic N) is 3. The summed E-state index contributed by atoms with van der Waals surface area (Å²) in [7, 11) is 0. The van der Waals surface area contributed by atoms with E-state index in [4.69, 9.17) is 11.6 Å². The van der Waals surface area contributed by atoms with Crippen LogP contribution in [0, 0.1) is 6.92 Å². The van der Waals surface area contributed by atoms with Crippen molar-refractivity contribution in [3.63, 3.8) is 0 Å². The Morgan fingerprint density at radius 1 is 1.19 bits per heavy atom. The monoisotopic (exact) mass is 372 g/mol. The Morgan fingerprint density at radius 2 is 2.00 bits per heavy atom. The van der Waals surface area contributed by atoms with E-state index in [-0.39, 0.29) is 5.91 Å². The molecule has 0 saturated carbocycles. The van der Waals surface area contributed by atoms with Crippen molar-refractivity contribution in [3.05, 3.63) is 52.4 Å². The topological polar surface area (TPSA) is 58.1 Å². The maximum atomic E-state index is 12.1. The second-order valence-electron chi connectivity index (χ2n) is 6.74. The number of hydrogen-bond acceptors (Lipinski definition) is 4. The fourth-order valence-corrected chi connectivity index (χ4v) is 3.41. The van der Waals surface area contributed by atoms with Crippen LogP contribution in [0.5, 0.6) is 0 Å². The van der Waals surface area contributed by atoms with Crippen LogP contribution in [0.25, 0.3) is 0 Å². The lowest BCUT2D eigenvalue weighted by molar-refractivity contribution is -0.121. The summed E-state index contributed by atoms with van der Waals surface area (Å²) in [6.07, 6.45) is 4.79. The lowest BCUT2D eigenvalue weighted by atomic mass is 10.1. The summed E-state index contributed by atoms with van der Waals surface area (Å²) in [5, 5.41) is 3.62. The first-order chi connectivity index (χ1) is 12.6. The van der Waals surface area contributed by atoms with E-state index < -0.39 is 0 Å². The second kappa shape index (κ2) is 8.99. The zero-order valence-electron chi connectivity index (χ0n) is 15.2. The first-order valence-corrected chi connectivity index (χ1v) is 9.58. The van der Waals surface area contributed by atoms with Crippen molar-refractivity contribution < 1.29 is 4.79 Å². The molecule has 1 aliphatic heterocycles. The van der Waals surface area contributed by atoms with E-state index in [1.165, 1.54) is 19.3 Å². The summed E-state index contributed by atoms with van der Waals surface area (Å²) in [5.41, 5.74) is 2.00. The Hall–Kier alpha value is -2.14. The molecule has 2 aromatic rings. The number of benzene rings is 1. The average molecular weight is 373 g/mol.